The van der Waals surface area contributed by atoms with Crippen LogP contribution in [0.15, 0.2) is 24.8 Å². The Morgan fingerprint density at radius 3 is 2.83 bits per heavy atom. The van der Waals surface area contributed by atoms with E-state index in [0.717, 1.165) is 6.07 Å². The van der Waals surface area contributed by atoms with E-state index in [1.54, 1.807) is 0 Å². The van der Waals surface area contributed by atoms with Crippen molar-refractivity contribution in [2.24, 2.45) is 0 Å². The van der Waals surface area contributed by atoms with E-state index in [0.29, 0.717) is 0 Å². The van der Waals surface area contributed by atoms with E-state index >= 15 is 0 Å². The van der Waals surface area contributed by atoms with E-state index in [9.17, 15) is 8.78 Å². The van der Waals surface area contributed by atoms with Gasteiger partial charge in [-0.05, 0) is 12.1 Å². The van der Waals surface area contributed by atoms with E-state index in [1.807, 2.05) is 0 Å². The summed E-state index contributed by atoms with van der Waals surface area (Å²) in [6.07, 6.45) is 1.51. The second-order valence-corrected chi connectivity index (χ2v) is 2.08. The maximum Gasteiger partial charge on any atom is 0.170 e. The zero-order valence-electron chi connectivity index (χ0n) is 6.31. The first-order valence-corrected chi connectivity index (χ1v) is 3.35. The third kappa shape index (κ3) is 2.05. The standard InChI is InChI=1S/C9H7F2O/c1-2-5-12-7-3-4-8(10)9(11)6-7/h2-4H,1,5H2. The Labute approximate surface area is 69.3 Å². The molecule has 0 saturated heterocycles. The molecule has 0 aliphatic heterocycles. The number of hydrogen-bond donors (Lipinski definition) is 0. The first-order chi connectivity index (χ1) is 5.74. The smallest absolute Gasteiger partial charge is 0.170 e. The third-order valence-electron chi connectivity index (χ3n) is 1.18. The van der Waals surface area contributed by atoms with E-state index < -0.39 is 11.6 Å². The molecular weight excluding hydrogens is 162 g/mol. The minimum atomic E-state index is -1.03. The lowest BCUT2D eigenvalue weighted by atomic mass is 10.3. The third-order valence-corrected chi connectivity index (χ3v) is 1.18. The van der Waals surface area contributed by atoms with Crippen molar-refractivity contribution in [3.05, 3.63) is 42.5 Å². The van der Waals surface area contributed by atoms with Gasteiger partial charge in [0.1, 0.15) is 12.4 Å². The molecule has 0 aliphatic carbocycles. The molecule has 1 radical (unpaired) electrons. The fourth-order valence-electron chi connectivity index (χ4n) is 0.664. The van der Waals surface area contributed by atoms with Crippen molar-refractivity contribution < 1.29 is 13.5 Å². The van der Waals surface area contributed by atoms with Crippen molar-refractivity contribution in [3.8, 4) is 5.75 Å². The van der Waals surface area contributed by atoms with Gasteiger partial charge in [0.25, 0.3) is 0 Å². The molecule has 63 valence electrons. The first-order valence-electron chi connectivity index (χ1n) is 3.35. The molecule has 0 aliphatic rings. The fourth-order valence-corrected chi connectivity index (χ4v) is 0.664. The van der Waals surface area contributed by atoms with Crippen molar-refractivity contribution in [3.63, 3.8) is 0 Å². The van der Waals surface area contributed by atoms with Crippen LogP contribution in [0.4, 0.5) is 8.78 Å². The van der Waals surface area contributed by atoms with Gasteiger partial charge >= 0.3 is 0 Å². The predicted octanol–water partition coefficient (Wildman–Crippen LogP) is 2.33. The van der Waals surface area contributed by atoms with Crippen LogP contribution in [0.3, 0.4) is 0 Å². The maximum atomic E-state index is 12.5. The average Bonchev–Trinajstić information content (AvgIpc) is 2.07. The molecule has 12 heavy (non-hydrogen) atoms. The zero-order valence-corrected chi connectivity index (χ0v) is 6.31. The Hall–Kier alpha value is -1.38. The topological polar surface area (TPSA) is 9.23 Å². The van der Waals surface area contributed by atoms with Crippen molar-refractivity contribution in [2.75, 3.05) is 6.61 Å². The van der Waals surface area contributed by atoms with Gasteiger partial charge in [-0.2, -0.15) is 0 Å². The van der Waals surface area contributed by atoms with Crippen molar-refractivity contribution >= 4 is 0 Å². The van der Waals surface area contributed by atoms with Crippen LogP contribution in [-0.2, 0) is 0 Å². The first kappa shape index (κ1) is 8.71. The van der Waals surface area contributed by atoms with Gasteiger partial charge in [0.05, 0.1) is 6.07 Å². The molecule has 0 fully saturated rings. The normalized spacial score (nSPS) is 9.50. The van der Waals surface area contributed by atoms with Crippen LogP contribution in [0.1, 0.15) is 0 Å². The maximum absolute atomic E-state index is 12.5. The average molecular weight is 169 g/mol. The van der Waals surface area contributed by atoms with Crippen LogP contribution >= 0.6 is 0 Å². The number of halogens is 2. The SMILES string of the molecule is C=CCOc1[c]c(F)c(F)cc1. The molecule has 1 rings (SSSR count). The molecule has 1 nitrogen and oxygen atoms in total. The number of rotatable bonds is 3. The molecule has 0 amide bonds. The highest BCUT2D eigenvalue weighted by Crippen LogP contribution is 2.13. The summed E-state index contributed by atoms with van der Waals surface area (Å²) in [6, 6.07) is 4.40. The molecule has 1 aromatic carbocycles. The number of hydrogen-bond acceptors (Lipinski definition) is 1. The summed E-state index contributed by atoms with van der Waals surface area (Å²) in [5, 5.41) is 0. The highest BCUT2D eigenvalue weighted by Gasteiger charge is 2.02. The molecule has 0 saturated carbocycles. The van der Waals surface area contributed by atoms with Gasteiger partial charge < -0.3 is 4.74 Å². The molecule has 0 unspecified atom stereocenters. The second-order valence-electron chi connectivity index (χ2n) is 2.08. The summed E-state index contributed by atoms with van der Waals surface area (Å²) in [4.78, 5) is 0. The van der Waals surface area contributed by atoms with E-state index in [4.69, 9.17) is 4.74 Å². The quantitative estimate of drug-likeness (QED) is 0.631. The highest BCUT2D eigenvalue weighted by molar-refractivity contribution is 5.22. The number of ether oxygens (including phenoxy) is 1. The summed E-state index contributed by atoms with van der Waals surface area (Å²) in [6.45, 7) is 3.66. The van der Waals surface area contributed by atoms with E-state index in [2.05, 4.69) is 12.6 Å². The van der Waals surface area contributed by atoms with E-state index in [1.165, 1.54) is 12.1 Å². The predicted molar refractivity (Wildman–Crippen MR) is 40.9 cm³/mol. The van der Waals surface area contributed by atoms with Gasteiger partial charge in [-0.3, -0.25) is 0 Å². The molecule has 1 aromatic rings. The molecule has 0 heterocycles. The summed E-state index contributed by atoms with van der Waals surface area (Å²) in [5.74, 6) is -1.79. The van der Waals surface area contributed by atoms with Crippen molar-refractivity contribution in [1.29, 1.82) is 0 Å². The largest absolute Gasteiger partial charge is 0.489 e. The summed E-state index contributed by atoms with van der Waals surface area (Å²) < 4.78 is 29.7. The Bertz CT molecular complexity index is 284. The van der Waals surface area contributed by atoms with Crippen LogP contribution in [0.5, 0.6) is 5.75 Å². The second kappa shape index (κ2) is 3.85. The van der Waals surface area contributed by atoms with Crippen LogP contribution in [-0.4, -0.2) is 6.61 Å². The van der Waals surface area contributed by atoms with Crippen LogP contribution in [0.2, 0.25) is 0 Å². The van der Waals surface area contributed by atoms with Crippen LogP contribution < -0.4 is 4.74 Å². The van der Waals surface area contributed by atoms with Crippen molar-refractivity contribution in [2.45, 2.75) is 0 Å². The fraction of sp³-hybridized carbons (Fsp3) is 0.111. The van der Waals surface area contributed by atoms with Crippen LogP contribution in [0.25, 0.3) is 0 Å². The van der Waals surface area contributed by atoms with Gasteiger partial charge in [-0.15, -0.1) is 0 Å². The van der Waals surface area contributed by atoms with Gasteiger partial charge in [0.2, 0.25) is 0 Å². The van der Waals surface area contributed by atoms with Gasteiger partial charge in [0.15, 0.2) is 11.6 Å². The van der Waals surface area contributed by atoms with Gasteiger partial charge in [-0.1, -0.05) is 12.7 Å². The summed E-state index contributed by atoms with van der Waals surface area (Å²) in [7, 11) is 0. The Balaban J connectivity index is 2.75. The zero-order chi connectivity index (χ0) is 8.97. The molecule has 3 heteroatoms. The Kier molecular flexibility index (Phi) is 2.80. The number of benzene rings is 1. The lowest BCUT2D eigenvalue weighted by Gasteiger charge is -2.01. The van der Waals surface area contributed by atoms with Gasteiger partial charge in [-0.25, -0.2) is 8.78 Å². The van der Waals surface area contributed by atoms with Crippen LogP contribution in [0, 0.1) is 17.7 Å². The molecule has 0 bridgehead atoms. The summed E-state index contributed by atoms with van der Waals surface area (Å²) >= 11 is 0. The monoisotopic (exact) mass is 169 g/mol. The molecule has 0 spiro atoms. The van der Waals surface area contributed by atoms with Crippen molar-refractivity contribution in [1.82, 2.24) is 0 Å². The minimum Gasteiger partial charge on any atom is -0.489 e. The highest BCUT2D eigenvalue weighted by atomic mass is 19.2. The van der Waals surface area contributed by atoms with Gasteiger partial charge in [0, 0.05) is 0 Å². The molecular formula is C9H7F2O. The molecule has 0 aromatic heterocycles. The lowest BCUT2D eigenvalue weighted by molar-refractivity contribution is 0.357. The summed E-state index contributed by atoms with van der Waals surface area (Å²) in [5.41, 5.74) is 0. The Morgan fingerprint density at radius 2 is 2.25 bits per heavy atom. The molecule has 0 N–H and O–H groups in total. The van der Waals surface area contributed by atoms with E-state index in [-0.39, 0.29) is 12.4 Å². The molecule has 0 atom stereocenters. The lowest BCUT2D eigenvalue weighted by Crippen LogP contribution is -1.94. The Morgan fingerprint density at radius 1 is 1.50 bits per heavy atom. The minimum absolute atomic E-state index is 0.175.